The molecule has 0 unspecified atom stereocenters. The number of methoxy groups -OCH3 is 1. The van der Waals surface area contributed by atoms with Crippen molar-refractivity contribution in [3.63, 3.8) is 0 Å². The van der Waals surface area contributed by atoms with Gasteiger partial charge in [-0.05, 0) is 12.8 Å². The number of ether oxygens (including phenoxy) is 1. The minimum Gasteiger partial charge on any atom is -0.383 e. The highest BCUT2D eigenvalue weighted by atomic mass is 16.5. The Balaban J connectivity index is 2.99. The van der Waals surface area contributed by atoms with Crippen LogP contribution < -0.4 is 10.2 Å². The minimum atomic E-state index is 0.578. The summed E-state index contributed by atoms with van der Waals surface area (Å²) in [5.41, 5.74) is 0. The summed E-state index contributed by atoms with van der Waals surface area (Å²) in [7, 11) is 1.73. The number of nitrogens with one attached hydrogen (secondary N) is 1. The molecule has 20 heavy (non-hydrogen) atoms. The summed E-state index contributed by atoms with van der Waals surface area (Å²) in [4.78, 5) is 11.4. The van der Waals surface area contributed by atoms with E-state index >= 15 is 0 Å². The molecule has 0 aliphatic heterocycles. The fourth-order valence-corrected chi connectivity index (χ4v) is 2.02. The summed E-state index contributed by atoms with van der Waals surface area (Å²) in [6, 6.07) is 2.03. The van der Waals surface area contributed by atoms with Crippen molar-refractivity contribution in [3.8, 4) is 0 Å². The van der Waals surface area contributed by atoms with Gasteiger partial charge in [-0.25, -0.2) is 9.97 Å². The van der Waals surface area contributed by atoms with E-state index in [9.17, 15) is 0 Å². The summed E-state index contributed by atoms with van der Waals surface area (Å²) in [5.74, 6) is 3.35. The van der Waals surface area contributed by atoms with Crippen LogP contribution in [0.4, 0.5) is 11.6 Å². The van der Waals surface area contributed by atoms with E-state index in [1.807, 2.05) is 6.07 Å². The second kappa shape index (κ2) is 8.74. The van der Waals surface area contributed by atoms with Gasteiger partial charge in [0, 0.05) is 39.2 Å². The second-order valence-electron chi connectivity index (χ2n) is 5.24. The zero-order chi connectivity index (χ0) is 15.0. The standard InChI is InChI=1S/C15H28N4O/c1-6-13-17-14(16-7-2)10-15(18-13)19(8-9-20-5)11-12(3)4/h10,12H,6-9,11H2,1-5H3,(H,16,17,18). The van der Waals surface area contributed by atoms with Crippen molar-refractivity contribution in [3.05, 3.63) is 11.9 Å². The van der Waals surface area contributed by atoms with Gasteiger partial charge in [-0.2, -0.15) is 0 Å². The van der Waals surface area contributed by atoms with Gasteiger partial charge in [-0.15, -0.1) is 0 Å². The Morgan fingerprint density at radius 1 is 1.30 bits per heavy atom. The monoisotopic (exact) mass is 280 g/mol. The fourth-order valence-electron chi connectivity index (χ4n) is 2.02. The summed E-state index contributed by atoms with van der Waals surface area (Å²) >= 11 is 0. The van der Waals surface area contributed by atoms with Gasteiger partial charge in [0.2, 0.25) is 0 Å². The van der Waals surface area contributed by atoms with Crippen molar-refractivity contribution in [1.29, 1.82) is 0 Å². The van der Waals surface area contributed by atoms with E-state index in [1.54, 1.807) is 7.11 Å². The lowest BCUT2D eigenvalue weighted by Gasteiger charge is -2.26. The van der Waals surface area contributed by atoms with E-state index in [4.69, 9.17) is 4.74 Å². The Morgan fingerprint density at radius 3 is 2.60 bits per heavy atom. The average Bonchev–Trinajstić information content (AvgIpc) is 2.43. The van der Waals surface area contributed by atoms with Crippen LogP contribution in [0.15, 0.2) is 6.07 Å². The van der Waals surface area contributed by atoms with Gasteiger partial charge in [-0.3, -0.25) is 0 Å². The Labute approximate surface area is 122 Å². The molecule has 0 aliphatic rings. The van der Waals surface area contributed by atoms with Crippen molar-refractivity contribution in [1.82, 2.24) is 9.97 Å². The highest BCUT2D eigenvalue weighted by Crippen LogP contribution is 2.17. The van der Waals surface area contributed by atoms with Crippen molar-refractivity contribution in [2.24, 2.45) is 5.92 Å². The molecule has 1 rings (SSSR count). The maximum Gasteiger partial charge on any atom is 0.134 e. The number of rotatable bonds is 9. The predicted molar refractivity (Wildman–Crippen MR) is 84.5 cm³/mol. The lowest BCUT2D eigenvalue weighted by atomic mass is 10.2. The van der Waals surface area contributed by atoms with Gasteiger partial charge < -0.3 is 15.0 Å². The van der Waals surface area contributed by atoms with E-state index < -0.39 is 0 Å². The van der Waals surface area contributed by atoms with Gasteiger partial charge in [0.15, 0.2) is 0 Å². The van der Waals surface area contributed by atoms with Crippen molar-refractivity contribution < 1.29 is 4.74 Å². The number of aryl methyl sites for hydroxylation is 1. The van der Waals surface area contributed by atoms with Crippen LogP contribution >= 0.6 is 0 Å². The third-order valence-corrected chi connectivity index (χ3v) is 2.91. The lowest BCUT2D eigenvalue weighted by molar-refractivity contribution is 0.204. The first kappa shape index (κ1) is 16.7. The molecule has 1 N–H and O–H groups in total. The summed E-state index contributed by atoms with van der Waals surface area (Å²) in [6.45, 7) is 12.0. The second-order valence-corrected chi connectivity index (χ2v) is 5.24. The third-order valence-electron chi connectivity index (χ3n) is 2.91. The average molecular weight is 280 g/mol. The van der Waals surface area contributed by atoms with E-state index in [0.717, 1.165) is 43.5 Å². The maximum absolute atomic E-state index is 5.21. The smallest absolute Gasteiger partial charge is 0.134 e. The van der Waals surface area contributed by atoms with Crippen LogP contribution in [0.5, 0.6) is 0 Å². The van der Waals surface area contributed by atoms with E-state index in [1.165, 1.54) is 0 Å². The summed E-state index contributed by atoms with van der Waals surface area (Å²) < 4.78 is 5.21. The molecule has 0 saturated heterocycles. The van der Waals surface area contributed by atoms with Crippen LogP contribution in [0, 0.1) is 5.92 Å². The van der Waals surface area contributed by atoms with E-state index in [2.05, 4.69) is 47.9 Å². The highest BCUT2D eigenvalue weighted by Gasteiger charge is 2.12. The van der Waals surface area contributed by atoms with Crippen molar-refractivity contribution in [2.45, 2.75) is 34.1 Å². The molecule has 5 heteroatoms. The normalized spacial score (nSPS) is 10.9. The quantitative estimate of drug-likeness (QED) is 0.753. The molecule has 0 amide bonds. The predicted octanol–water partition coefficient (Wildman–Crippen LogP) is 2.58. The van der Waals surface area contributed by atoms with Crippen molar-refractivity contribution in [2.75, 3.05) is 43.6 Å². The first-order chi connectivity index (χ1) is 9.60. The number of nitrogens with zero attached hydrogens (tertiary/aromatic N) is 3. The maximum atomic E-state index is 5.21. The van der Waals surface area contributed by atoms with Gasteiger partial charge >= 0.3 is 0 Å². The Bertz CT molecular complexity index is 395. The van der Waals surface area contributed by atoms with Crippen molar-refractivity contribution >= 4 is 11.6 Å². The molecule has 1 heterocycles. The van der Waals surface area contributed by atoms with Crippen LogP contribution in [0.1, 0.15) is 33.5 Å². The number of hydrogen-bond donors (Lipinski definition) is 1. The SMILES string of the molecule is CCNc1cc(N(CCOC)CC(C)C)nc(CC)n1. The molecule has 0 bridgehead atoms. The third kappa shape index (κ3) is 5.33. The lowest BCUT2D eigenvalue weighted by Crippen LogP contribution is -2.32. The van der Waals surface area contributed by atoms with Gasteiger partial charge in [0.05, 0.1) is 6.61 Å². The number of hydrogen-bond acceptors (Lipinski definition) is 5. The van der Waals surface area contributed by atoms with Crippen LogP contribution in [-0.4, -0.2) is 43.3 Å². The van der Waals surface area contributed by atoms with Gasteiger partial charge in [0.1, 0.15) is 17.5 Å². The van der Waals surface area contributed by atoms with E-state index in [0.29, 0.717) is 12.5 Å². The molecule has 1 aromatic heterocycles. The molecule has 0 atom stereocenters. The Kier molecular flexibility index (Phi) is 7.30. The molecular weight excluding hydrogens is 252 g/mol. The first-order valence-corrected chi connectivity index (χ1v) is 7.46. The molecule has 1 aromatic rings. The van der Waals surface area contributed by atoms with Crippen LogP contribution in [0.25, 0.3) is 0 Å². The van der Waals surface area contributed by atoms with Gasteiger partial charge in [-0.1, -0.05) is 20.8 Å². The molecular formula is C15H28N4O. The molecule has 0 aliphatic carbocycles. The molecule has 0 spiro atoms. The zero-order valence-electron chi connectivity index (χ0n) is 13.4. The largest absolute Gasteiger partial charge is 0.383 e. The Morgan fingerprint density at radius 2 is 2.05 bits per heavy atom. The molecule has 0 aromatic carbocycles. The topological polar surface area (TPSA) is 50.3 Å². The minimum absolute atomic E-state index is 0.578. The molecule has 114 valence electrons. The fraction of sp³-hybridized carbons (Fsp3) is 0.733. The van der Waals surface area contributed by atoms with Gasteiger partial charge in [0.25, 0.3) is 0 Å². The highest BCUT2D eigenvalue weighted by molar-refractivity contribution is 5.49. The summed E-state index contributed by atoms with van der Waals surface area (Å²) in [5, 5.41) is 3.28. The first-order valence-electron chi connectivity index (χ1n) is 7.46. The van der Waals surface area contributed by atoms with Crippen LogP contribution in [0.3, 0.4) is 0 Å². The number of anilines is 2. The number of aromatic nitrogens is 2. The molecule has 0 fully saturated rings. The molecule has 5 nitrogen and oxygen atoms in total. The molecule has 0 radical (unpaired) electrons. The zero-order valence-corrected chi connectivity index (χ0v) is 13.4. The Hall–Kier alpha value is -1.36. The summed E-state index contributed by atoms with van der Waals surface area (Å²) in [6.07, 6.45) is 0.839. The van der Waals surface area contributed by atoms with Crippen LogP contribution in [0.2, 0.25) is 0 Å². The van der Waals surface area contributed by atoms with E-state index in [-0.39, 0.29) is 0 Å². The van der Waals surface area contributed by atoms with Crippen LogP contribution in [-0.2, 0) is 11.2 Å². The molecule has 0 saturated carbocycles.